The van der Waals surface area contributed by atoms with Crippen LogP contribution >= 0.6 is 11.6 Å². The quantitative estimate of drug-likeness (QED) is 0.372. The van der Waals surface area contributed by atoms with Crippen molar-refractivity contribution in [1.82, 2.24) is 5.32 Å². The molecule has 0 bridgehead atoms. The Balaban J connectivity index is 1.58. The highest BCUT2D eigenvalue weighted by Gasteiger charge is 2.50. The first kappa shape index (κ1) is 25.0. The van der Waals surface area contributed by atoms with E-state index >= 15 is 0 Å². The summed E-state index contributed by atoms with van der Waals surface area (Å²) in [7, 11) is 0. The third-order valence-corrected chi connectivity index (χ3v) is 6.86. The topological polar surface area (TPSA) is 108 Å². The van der Waals surface area contributed by atoms with E-state index in [1.165, 1.54) is 18.2 Å². The standard InChI is InChI=1S/C25H19ClF4N4O3/c26-17-3-1-12(27)7-14(17)21-20-15(22(35)33-21)5-11(9-31)6-18(20)32-24(36)34-10-25(37,23(29)30)16-8-13(28)2-4-19(16)34/h1-8,21,23,37H,9-10,31H2,(H,32,36)(H,33,35). The van der Waals surface area contributed by atoms with Crippen molar-refractivity contribution in [2.45, 2.75) is 24.6 Å². The molecule has 5 N–H and O–H groups in total. The zero-order valence-corrected chi connectivity index (χ0v) is 19.6. The number of carbonyl (C=O) groups is 2. The molecular weight excluding hydrogens is 516 g/mol. The third-order valence-electron chi connectivity index (χ3n) is 6.52. The lowest BCUT2D eigenvalue weighted by Gasteiger charge is -2.24. The van der Waals surface area contributed by atoms with E-state index in [4.69, 9.17) is 17.3 Å². The summed E-state index contributed by atoms with van der Waals surface area (Å²) < 4.78 is 55.4. The van der Waals surface area contributed by atoms with E-state index in [9.17, 15) is 32.3 Å². The van der Waals surface area contributed by atoms with Gasteiger partial charge in [0.1, 0.15) is 11.6 Å². The van der Waals surface area contributed by atoms with Gasteiger partial charge in [-0.25, -0.2) is 22.4 Å². The first-order valence-electron chi connectivity index (χ1n) is 11.0. The number of nitrogens with one attached hydrogen (secondary N) is 2. The van der Waals surface area contributed by atoms with Gasteiger partial charge in [0.15, 0.2) is 5.60 Å². The van der Waals surface area contributed by atoms with Crippen LogP contribution < -0.4 is 21.3 Å². The monoisotopic (exact) mass is 534 g/mol. The number of amides is 3. The van der Waals surface area contributed by atoms with Gasteiger partial charge in [0, 0.05) is 39.5 Å². The normalized spacial score (nSPS) is 20.2. The van der Waals surface area contributed by atoms with Crippen molar-refractivity contribution in [3.63, 3.8) is 0 Å². The van der Waals surface area contributed by atoms with Crippen LogP contribution in [0.4, 0.5) is 33.7 Å². The van der Waals surface area contributed by atoms with Gasteiger partial charge < -0.3 is 21.5 Å². The minimum Gasteiger partial charge on any atom is -0.377 e. The van der Waals surface area contributed by atoms with Crippen LogP contribution in [0.3, 0.4) is 0 Å². The number of halogens is 5. The first-order chi connectivity index (χ1) is 17.5. The maximum absolute atomic E-state index is 14.0. The zero-order chi connectivity index (χ0) is 26.6. The predicted octanol–water partition coefficient (Wildman–Crippen LogP) is 4.41. The molecule has 3 amide bonds. The minimum absolute atomic E-state index is 0.00573. The minimum atomic E-state index is -3.31. The largest absolute Gasteiger partial charge is 0.377 e. The van der Waals surface area contributed by atoms with Crippen LogP contribution in [0.1, 0.15) is 38.7 Å². The number of urea groups is 1. The van der Waals surface area contributed by atoms with Gasteiger partial charge in [-0.15, -0.1) is 0 Å². The number of fused-ring (bicyclic) bond motifs is 2. The molecule has 0 fully saturated rings. The van der Waals surface area contributed by atoms with Crippen molar-refractivity contribution in [1.29, 1.82) is 0 Å². The molecule has 2 unspecified atom stereocenters. The maximum Gasteiger partial charge on any atom is 0.326 e. The fourth-order valence-electron chi connectivity index (χ4n) is 4.74. The summed E-state index contributed by atoms with van der Waals surface area (Å²) in [5.74, 6) is -1.97. The van der Waals surface area contributed by atoms with Crippen molar-refractivity contribution in [2.75, 3.05) is 16.8 Å². The molecule has 12 heteroatoms. The number of anilines is 2. The van der Waals surface area contributed by atoms with E-state index in [2.05, 4.69) is 10.6 Å². The number of rotatable bonds is 4. The second-order valence-corrected chi connectivity index (χ2v) is 9.19. The van der Waals surface area contributed by atoms with Gasteiger partial charge in [0.25, 0.3) is 12.3 Å². The van der Waals surface area contributed by atoms with E-state index in [1.54, 1.807) is 0 Å². The van der Waals surface area contributed by atoms with Crippen molar-refractivity contribution in [3.05, 3.63) is 93.0 Å². The SMILES string of the molecule is NCc1cc(NC(=O)N2CC(O)(C(F)F)c3cc(F)ccc32)c2c(c1)C(=O)NC2c1cc(F)ccc1Cl. The summed E-state index contributed by atoms with van der Waals surface area (Å²) in [6, 6.07) is 7.64. The average Bonchev–Trinajstić information content (AvgIpc) is 3.35. The Labute approximate surface area is 212 Å². The van der Waals surface area contributed by atoms with Crippen LogP contribution in [0, 0.1) is 11.6 Å². The molecule has 0 aliphatic carbocycles. The highest BCUT2D eigenvalue weighted by atomic mass is 35.5. The summed E-state index contributed by atoms with van der Waals surface area (Å²) in [5.41, 5.74) is 3.69. The Morgan fingerprint density at radius 2 is 1.89 bits per heavy atom. The molecule has 2 aliphatic heterocycles. The van der Waals surface area contributed by atoms with Crippen LogP contribution in [-0.2, 0) is 12.1 Å². The van der Waals surface area contributed by atoms with Gasteiger partial charge >= 0.3 is 6.03 Å². The van der Waals surface area contributed by atoms with Crippen molar-refractivity contribution in [3.8, 4) is 0 Å². The number of nitrogens with zero attached hydrogens (tertiary/aromatic N) is 1. The summed E-state index contributed by atoms with van der Waals surface area (Å²) in [6.07, 6.45) is -3.31. The highest BCUT2D eigenvalue weighted by molar-refractivity contribution is 6.31. The Morgan fingerprint density at radius 1 is 1.19 bits per heavy atom. The molecule has 0 radical (unpaired) electrons. The van der Waals surface area contributed by atoms with Crippen molar-refractivity contribution >= 4 is 34.9 Å². The number of β-amino-alcohol motifs (C(OH)–C–C–N with tert-alkyl or cyclic N) is 1. The number of hydrogen-bond donors (Lipinski definition) is 4. The van der Waals surface area contributed by atoms with Crippen LogP contribution in [0.25, 0.3) is 0 Å². The molecule has 2 atom stereocenters. The molecule has 7 nitrogen and oxygen atoms in total. The van der Waals surface area contributed by atoms with Gasteiger partial charge in [0.2, 0.25) is 0 Å². The lowest BCUT2D eigenvalue weighted by atomic mass is 9.94. The lowest BCUT2D eigenvalue weighted by Crippen LogP contribution is -2.43. The van der Waals surface area contributed by atoms with Gasteiger partial charge in [0.05, 0.1) is 18.3 Å². The molecule has 3 aromatic carbocycles. The Hall–Kier alpha value is -3.67. The fourth-order valence-corrected chi connectivity index (χ4v) is 4.96. The van der Waals surface area contributed by atoms with Crippen LogP contribution in [0.15, 0.2) is 48.5 Å². The fraction of sp³-hybridized carbons (Fsp3) is 0.200. The second-order valence-electron chi connectivity index (χ2n) is 8.78. The number of aliphatic hydroxyl groups is 1. The van der Waals surface area contributed by atoms with Crippen LogP contribution in [0.2, 0.25) is 5.02 Å². The Kier molecular flexibility index (Phi) is 6.09. The molecule has 2 heterocycles. The molecule has 0 spiro atoms. The van der Waals surface area contributed by atoms with E-state index in [0.717, 1.165) is 35.2 Å². The van der Waals surface area contributed by atoms with E-state index in [1.807, 2.05) is 0 Å². The Bertz CT molecular complexity index is 1450. The van der Waals surface area contributed by atoms with Crippen molar-refractivity contribution in [2.24, 2.45) is 5.73 Å². The van der Waals surface area contributed by atoms with Gasteiger partial charge in [-0.05, 0) is 54.1 Å². The van der Waals surface area contributed by atoms with Crippen molar-refractivity contribution < 1.29 is 32.3 Å². The first-order valence-corrected chi connectivity index (χ1v) is 11.4. The van der Waals surface area contributed by atoms with Crippen LogP contribution in [-0.4, -0.2) is 30.0 Å². The number of alkyl halides is 2. The number of benzene rings is 3. The predicted molar refractivity (Wildman–Crippen MR) is 128 cm³/mol. The summed E-state index contributed by atoms with van der Waals surface area (Å²) >= 11 is 6.28. The van der Waals surface area contributed by atoms with Gasteiger partial charge in [-0.2, -0.15) is 0 Å². The molecular formula is C25H19ClF4N4O3. The molecule has 0 aromatic heterocycles. The molecule has 2 aliphatic rings. The van der Waals surface area contributed by atoms with Gasteiger partial charge in [-0.3, -0.25) is 9.69 Å². The molecule has 3 aromatic rings. The number of carbonyl (C=O) groups excluding carboxylic acids is 2. The number of nitrogens with two attached hydrogens (primary N) is 1. The molecule has 0 saturated heterocycles. The average molecular weight is 535 g/mol. The molecule has 5 rings (SSSR count). The highest BCUT2D eigenvalue weighted by Crippen LogP contribution is 2.44. The zero-order valence-electron chi connectivity index (χ0n) is 18.9. The molecule has 37 heavy (non-hydrogen) atoms. The molecule has 0 saturated carbocycles. The summed E-state index contributed by atoms with van der Waals surface area (Å²) in [5, 5.41) is 16.1. The second kappa shape index (κ2) is 9.02. The van der Waals surface area contributed by atoms with Crippen LogP contribution in [0.5, 0.6) is 0 Å². The van der Waals surface area contributed by atoms with E-state index < -0.39 is 53.7 Å². The molecule has 192 valence electrons. The summed E-state index contributed by atoms with van der Waals surface area (Å²) in [4.78, 5) is 27.0. The third kappa shape index (κ3) is 4.08. The maximum atomic E-state index is 14.0. The summed E-state index contributed by atoms with van der Waals surface area (Å²) in [6.45, 7) is -0.837. The van der Waals surface area contributed by atoms with Gasteiger partial charge in [-0.1, -0.05) is 11.6 Å². The van der Waals surface area contributed by atoms with E-state index in [-0.39, 0.29) is 39.6 Å². The van der Waals surface area contributed by atoms with E-state index in [0.29, 0.717) is 5.56 Å². The number of hydrogen-bond acceptors (Lipinski definition) is 4. The Morgan fingerprint density at radius 3 is 2.59 bits per heavy atom. The smallest absolute Gasteiger partial charge is 0.326 e. The lowest BCUT2D eigenvalue weighted by molar-refractivity contribution is -0.0892.